The van der Waals surface area contributed by atoms with Crippen molar-refractivity contribution in [1.82, 2.24) is 9.80 Å². The molecule has 1 aliphatic heterocycles. The zero-order valence-corrected chi connectivity index (χ0v) is 16.0. The average Bonchev–Trinajstić information content (AvgIpc) is 3.06. The van der Waals surface area contributed by atoms with Gasteiger partial charge in [-0.25, -0.2) is 0 Å². The minimum absolute atomic E-state index is 0.106. The summed E-state index contributed by atoms with van der Waals surface area (Å²) < 4.78 is 5.23. The first-order valence-corrected chi connectivity index (χ1v) is 9.86. The lowest BCUT2D eigenvalue weighted by atomic mass is 9.63. The molecule has 0 atom stereocenters. The molecule has 2 heterocycles. The first kappa shape index (κ1) is 18.1. The van der Waals surface area contributed by atoms with E-state index in [1.807, 2.05) is 29.2 Å². The molecule has 4 rings (SSSR count). The van der Waals surface area contributed by atoms with Gasteiger partial charge in [-0.1, -0.05) is 30.2 Å². The molecule has 5 nitrogen and oxygen atoms in total. The fraction of sp³-hybridized carbons (Fsp3) is 0.429. The van der Waals surface area contributed by atoms with Crippen molar-refractivity contribution in [1.29, 1.82) is 0 Å². The Hall–Kier alpha value is -2.27. The van der Waals surface area contributed by atoms with Gasteiger partial charge in [0, 0.05) is 31.2 Å². The van der Waals surface area contributed by atoms with Gasteiger partial charge in [-0.15, -0.1) is 0 Å². The second kappa shape index (κ2) is 7.39. The van der Waals surface area contributed by atoms with Crippen LogP contribution in [0.2, 0.25) is 5.02 Å². The van der Waals surface area contributed by atoms with Gasteiger partial charge in [-0.2, -0.15) is 0 Å². The first-order chi connectivity index (χ1) is 13.1. The molecule has 1 saturated heterocycles. The van der Waals surface area contributed by atoms with Gasteiger partial charge in [0.05, 0.1) is 11.7 Å². The first-order valence-electron chi connectivity index (χ1n) is 9.48. The Bertz CT molecular complexity index is 812. The van der Waals surface area contributed by atoms with Gasteiger partial charge < -0.3 is 14.2 Å². The van der Waals surface area contributed by atoms with Crippen molar-refractivity contribution in [2.24, 2.45) is 0 Å². The predicted molar refractivity (Wildman–Crippen MR) is 103 cm³/mol. The van der Waals surface area contributed by atoms with Crippen LogP contribution in [0.1, 0.15) is 41.8 Å². The zero-order chi connectivity index (χ0) is 18.9. The summed E-state index contributed by atoms with van der Waals surface area (Å²) in [7, 11) is 0. The number of carbonyl (C=O) groups is 2. The summed E-state index contributed by atoms with van der Waals surface area (Å²) in [5, 5.41) is 0.683. The Morgan fingerprint density at radius 3 is 2.26 bits per heavy atom. The van der Waals surface area contributed by atoms with E-state index >= 15 is 0 Å². The van der Waals surface area contributed by atoms with Crippen LogP contribution in [0.15, 0.2) is 47.1 Å². The maximum absolute atomic E-state index is 13.4. The van der Waals surface area contributed by atoms with Crippen LogP contribution in [0.3, 0.4) is 0 Å². The van der Waals surface area contributed by atoms with Crippen LogP contribution in [0.4, 0.5) is 0 Å². The van der Waals surface area contributed by atoms with Crippen molar-refractivity contribution < 1.29 is 14.0 Å². The lowest BCUT2D eigenvalue weighted by molar-refractivity contribution is -0.140. The molecule has 2 aromatic rings. The van der Waals surface area contributed by atoms with E-state index in [0.717, 1.165) is 31.2 Å². The third-order valence-corrected chi connectivity index (χ3v) is 6.07. The van der Waals surface area contributed by atoms with Crippen molar-refractivity contribution in [3.8, 4) is 0 Å². The molecule has 27 heavy (non-hydrogen) atoms. The third kappa shape index (κ3) is 3.36. The Balaban J connectivity index is 1.47. The number of hydrogen-bond acceptors (Lipinski definition) is 3. The lowest BCUT2D eigenvalue weighted by Gasteiger charge is -2.44. The van der Waals surface area contributed by atoms with Gasteiger partial charge in [-0.05, 0) is 49.1 Å². The molecule has 2 fully saturated rings. The van der Waals surface area contributed by atoms with Gasteiger partial charge in [0.2, 0.25) is 5.91 Å². The van der Waals surface area contributed by atoms with Crippen molar-refractivity contribution >= 4 is 23.4 Å². The number of furan rings is 1. The molecule has 1 saturated carbocycles. The number of halogens is 1. The molecule has 142 valence electrons. The van der Waals surface area contributed by atoms with E-state index < -0.39 is 5.41 Å². The number of hydrogen-bond donors (Lipinski definition) is 0. The van der Waals surface area contributed by atoms with Crippen LogP contribution in [0.25, 0.3) is 0 Å². The van der Waals surface area contributed by atoms with Gasteiger partial charge in [0.15, 0.2) is 5.76 Å². The SMILES string of the molecule is O=C(c1ccco1)N1CCCN(C(=O)C2(c3ccc(Cl)cc3)CCC2)CC1. The summed E-state index contributed by atoms with van der Waals surface area (Å²) >= 11 is 6.02. The van der Waals surface area contributed by atoms with Crippen molar-refractivity contribution in [2.45, 2.75) is 31.1 Å². The van der Waals surface area contributed by atoms with Gasteiger partial charge >= 0.3 is 0 Å². The number of carbonyl (C=O) groups excluding carboxylic acids is 2. The number of rotatable bonds is 3. The highest BCUT2D eigenvalue weighted by Crippen LogP contribution is 2.45. The molecule has 2 aliphatic rings. The van der Waals surface area contributed by atoms with E-state index in [4.69, 9.17) is 16.0 Å². The van der Waals surface area contributed by atoms with E-state index in [2.05, 4.69) is 0 Å². The van der Waals surface area contributed by atoms with Gasteiger partial charge in [-0.3, -0.25) is 9.59 Å². The summed E-state index contributed by atoms with van der Waals surface area (Å²) in [5.41, 5.74) is 0.626. The van der Waals surface area contributed by atoms with E-state index in [1.165, 1.54) is 6.26 Å². The molecule has 1 aromatic carbocycles. The summed E-state index contributed by atoms with van der Waals surface area (Å²) in [5.74, 6) is 0.431. The smallest absolute Gasteiger partial charge is 0.289 e. The fourth-order valence-corrected chi connectivity index (χ4v) is 4.23. The Morgan fingerprint density at radius 2 is 1.63 bits per heavy atom. The molecule has 2 amide bonds. The van der Waals surface area contributed by atoms with E-state index in [0.29, 0.717) is 37.0 Å². The highest BCUT2D eigenvalue weighted by Gasteiger charge is 2.47. The fourth-order valence-electron chi connectivity index (χ4n) is 4.11. The highest BCUT2D eigenvalue weighted by molar-refractivity contribution is 6.30. The lowest BCUT2D eigenvalue weighted by Crippen LogP contribution is -2.52. The topological polar surface area (TPSA) is 53.8 Å². The molecule has 0 bridgehead atoms. The largest absolute Gasteiger partial charge is 0.459 e. The van der Waals surface area contributed by atoms with Crippen LogP contribution in [-0.2, 0) is 10.2 Å². The Kier molecular flexibility index (Phi) is 4.96. The van der Waals surface area contributed by atoms with Crippen molar-refractivity contribution in [3.05, 3.63) is 59.0 Å². The van der Waals surface area contributed by atoms with Crippen LogP contribution >= 0.6 is 11.6 Å². The van der Waals surface area contributed by atoms with Crippen LogP contribution in [0.5, 0.6) is 0 Å². The van der Waals surface area contributed by atoms with Crippen molar-refractivity contribution in [2.75, 3.05) is 26.2 Å². The molecular formula is C21H23ClN2O3. The van der Waals surface area contributed by atoms with Crippen LogP contribution < -0.4 is 0 Å². The maximum Gasteiger partial charge on any atom is 0.289 e. The normalized spacial score (nSPS) is 19.3. The number of benzene rings is 1. The predicted octanol–water partition coefficient (Wildman–Crippen LogP) is 3.73. The molecule has 0 spiro atoms. The van der Waals surface area contributed by atoms with Crippen LogP contribution in [-0.4, -0.2) is 47.8 Å². The van der Waals surface area contributed by atoms with Gasteiger partial charge in [0.25, 0.3) is 5.91 Å². The Morgan fingerprint density at radius 1 is 0.926 bits per heavy atom. The summed E-state index contributed by atoms with van der Waals surface area (Å²) in [6, 6.07) is 11.1. The van der Waals surface area contributed by atoms with E-state index in [9.17, 15) is 9.59 Å². The maximum atomic E-state index is 13.4. The summed E-state index contributed by atoms with van der Waals surface area (Å²) in [6.07, 6.45) is 5.09. The minimum atomic E-state index is -0.426. The second-order valence-electron chi connectivity index (χ2n) is 7.36. The number of amides is 2. The number of nitrogens with zero attached hydrogens (tertiary/aromatic N) is 2. The minimum Gasteiger partial charge on any atom is -0.459 e. The zero-order valence-electron chi connectivity index (χ0n) is 15.2. The third-order valence-electron chi connectivity index (χ3n) is 5.82. The molecule has 0 radical (unpaired) electrons. The highest BCUT2D eigenvalue weighted by atomic mass is 35.5. The molecule has 0 unspecified atom stereocenters. The monoisotopic (exact) mass is 386 g/mol. The summed E-state index contributed by atoms with van der Waals surface area (Å²) in [6.45, 7) is 2.40. The van der Waals surface area contributed by atoms with Crippen LogP contribution in [0, 0.1) is 0 Å². The Labute approximate surface area is 163 Å². The molecule has 1 aliphatic carbocycles. The van der Waals surface area contributed by atoms with Gasteiger partial charge in [0.1, 0.15) is 0 Å². The molecule has 6 heteroatoms. The quantitative estimate of drug-likeness (QED) is 0.807. The molecular weight excluding hydrogens is 364 g/mol. The standard InChI is InChI=1S/C21H23ClN2O3/c22-17-7-5-16(6-8-17)21(9-2-10-21)20(26)24-12-3-11-23(13-14-24)19(25)18-4-1-15-27-18/h1,4-8,15H,2-3,9-14H2. The van der Waals surface area contributed by atoms with E-state index in [-0.39, 0.29) is 11.8 Å². The average molecular weight is 387 g/mol. The van der Waals surface area contributed by atoms with E-state index in [1.54, 1.807) is 17.0 Å². The second-order valence-corrected chi connectivity index (χ2v) is 7.79. The molecule has 0 N–H and O–H groups in total. The summed E-state index contributed by atoms with van der Waals surface area (Å²) in [4.78, 5) is 29.7. The van der Waals surface area contributed by atoms with Crippen molar-refractivity contribution in [3.63, 3.8) is 0 Å². The molecule has 1 aromatic heterocycles.